The van der Waals surface area contributed by atoms with E-state index in [2.05, 4.69) is 15.9 Å². The van der Waals surface area contributed by atoms with E-state index in [9.17, 15) is 10.1 Å². The monoisotopic (exact) mass is 187 g/mol. The zero-order chi connectivity index (χ0) is 6.08. The lowest BCUT2D eigenvalue weighted by Crippen LogP contribution is -2.18. The Kier molecular flexibility index (Phi) is 2.01. The smallest absolute Gasteiger partial charge is 0.262 e. The van der Waals surface area contributed by atoms with Crippen LogP contribution in [0.2, 0.25) is 0 Å². The summed E-state index contributed by atoms with van der Waals surface area (Å²) in [6.45, 7) is 1.24. The molecule has 0 amide bonds. The molecule has 7 heavy (non-hydrogen) atoms. The van der Waals surface area contributed by atoms with Crippen molar-refractivity contribution in [2.75, 3.05) is 0 Å². The first-order valence-corrected chi connectivity index (χ1v) is 2.64. The first-order valence-electron chi connectivity index (χ1n) is 1.47. The first-order chi connectivity index (χ1) is 2.94. The summed E-state index contributed by atoms with van der Waals surface area (Å²) >= 11 is 7.69. The van der Waals surface area contributed by atoms with Crippen LogP contribution in [-0.4, -0.2) is 8.83 Å². The highest BCUT2D eigenvalue weighted by molar-refractivity contribution is 9.10. The third kappa shape index (κ3) is 2.82. The van der Waals surface area contributed by atoms with Crippen LogP contribution in [0.25, 0.3) is 0 Å². The number of nitrogens with zero attached hydrogens (tertiary/aromatic N) is 1. The maximum Gasteiger partial charge on any atom is 0.345 e. The van der Waals surface area contributed by atoms with E-state index in [-0.39, 0.29) is 0 Å². The van der Waals surface area contributed by atoms with Gasteiger partial charge in [0.15, 0.2) is 0 Å². The van der Waals surface area contributed by atoms with Gasteiger partial charge >= 0.3 is 3.91 Å². The molecule has 0 heterocycles. The van der Waals surface area contributed by atoms with Crippen molar-refractivity contribution in [2.24, 2.45) is 0 Å². The molecule has 1 unspecified atom stereocenters. The summed E-state index contributed by atoms with van der Waals surface area (Å²) in [4.78, 5) is 9.02. The fraction of sp³-hybridized carbons (Fsp3) is 1.00. The van der Waals surface area contributed by atoms with Crippen LogP contribution in [-0.2, 0) is 0 Å². The van der Waals surface area contributed by atoms with Gasteiger partial charge in [-0.25, -0.2) is 0 Å². The maximum absolute atomic E-state index is 9.65. The summed E-state index contributed by atoms with van der Waals surface area (Å²) in [7, 11) is 0. The van der Waals surface area contributed by atoms with E-state index in [0.29, 0.717) is 0 Å². The molecule has 0 bridgehead atoms. The molecule has 0 aromatic carbocycles. The Morgan fingerprint density at radius 3 is 2.14 bits per heavy atom. The van der Waals surface area contributed by atoms with Crippen LogP contribution in [0.5, 0.6) is 0 Å². The third-order valence-corrected chi connectivity index (χ3v) is 0.748. The molecule has 0 aromatic rings. The van der Waals surface area contributed by atoms with Crippen molar-refractivity contribution < 1.29 is 4.92 Å². The molecule has 0 spiro atoms. The van der Waals surface area contributed by atoms with Gasteiger partial charge in [-0.1, -0.05) is 0 Å². The highest BCUT2D eigenvalue weighted by atomic mass is 79.9. The molecule has 42 valence electrons. The lowest BCUT2D eigenvalue weighted by Gasteiger charge is -1.99. The number of hydrogen-bond donors (Lipinski definition) is 0. The number of hydrogen-bond acceptors (Lipinski definition) is 2. The van der Waals surface area contributed by atoms with Gasteiger partial charge in [0.05, 0.1) is 4.92 Å². The molecule has 0 saturated carbocycles. The normalized spacial score (nSPS) is 18.1. The lowest BCUT2D eigenvalue weighted by molar-refractivity contribution is -0.505. The summed E-state index contributed by atoms with van der Waals surface area (Å²) in [6.07, 6.45) is 0. The fourth-order valence-electron chi connectivity index (χ4n) is 0. The standard InChI is InChI=1S/C2H3BrClNO2/c1-2(3,4)5(6)7/h1H3. The van der Waals surface area contributed by atoms with Gasteiger partial charge in [-0.2, -0.15) is 0 Å². The number of rotatable bonds is 1. The molecule has 0 rings (SSSR count). The highest BCUT2D eigenvalue weighted by Gasteiger charge is 2.28. The summed E-state index contributed by atoms with van der Waals surface area (Å²) < 4.78 is -1.49. The molecule has 1 atom stereocenters. The predicted octanol–water partition coefficient (Wildman–Crippen LogP) is 1.57. The SMILES string of the molecule is CC(Cl)(Br)[N+](=O)[O-]. The van der Waals surface area contributed by atoms with Gasteiger partial charge in [-0.15, -0.1) is 0 Å². The Morgan fingerprint density at radius 2 is 2.14 bits per heavy atom. The van der Waals surface area contributed by atoms with E-state index in [1.54, 1.807) is 0 Å². The van der Waals surface area contributed by atoms with E-state index < -0.39 is 8.83 Å². The second kappa shape index (κ2) is 1.96. The van der Waals surface area contributed by atoms with Gasteiger partial charge in [-0.05, 0) is 11.6 Å². The molecular formula is C2H3BrClNO2. The van der Waals surface area contributed by atoms with Gasteiger partial charge < -0.3 is 0 Å². The first kappa shape index (κ1) is 7.17. The van der Waals surface area contributed by atoms with Gasteiger partial charge in [0.2, 0.25) is 0 Å². The van der Waals surface area contributed by atoms with Crippen molar-refractivity contribution >= 4 is 27.5 Å². The average molecular weight is 188 g/mol. The Hall–Kier alpha value is 0.170. The minimum Gasteiger partial charge on any atom is -0.262 e. The quantitative estimate of drug-likeness (QED) is 0.271. The topological polar surface area (TPSA) is 43.1 Å². The summed E-state index contributed by atoms with van der Waals surface area (Å²) in [5.74, 6) is 0. The van der Waals surface area contributed by atoms with E-state index in [4.69, 9.17) is 11.6 Å². The van der Waals surface area contributed by atoms with Crippen LogP contribution < -0.4 is 0 Å². The lowest BCUT2D eigenvalue weighted by atomic mass is 10.8. The Balaban J connectivity index is 3.79. The average Bonchev–Trinajstić information content (AvgIpc) is 1.31. The molecule has 0 aromatic heterocycles. The van der Waals surface area contributed by atoms with Crippen LogP contribution in [0.1, 0.15) is 6.92 Å². The van der Waals surface area contributed by atoms with Crippen molar-refractivity contribution in [3.8, 4) is 0 Å². The van der Waals surface area contributed by atoms with Gasteiger partial charge in [0.25, 0.3) is 0 Å². The summed E-state index contributed by atoms with van der Waals surface area (Å²) in [5.41, 5.74) is 0. The van der Waals surface area contributed by atoms with Crippen molar-refractivity contribution in [2.45, 2.75) is 10.8 Å². The number of alkyl halides is 2. The summed E-state index contributed by atoms with van der Waals surface area (Å²) in [5, 5.41) is 9.65. The van der Waals surface area contributed by atoms with E-state index in [1.807, 2.05) is 0 Å². The molecule has 0 aliphatic carbocycles. The molecular weight excluding hydrogens is 185 g/mol. The van der Waals surface area contributed by atoms with E-state index in [0.717, 1.165) is 0 Å². The van der Waals surface area contributed by atoms with E-state index >= 15 is 0 Å². The Morgan fingerprint density at radius 1 is 2.00 bits per heavy atom. The van der Waals surface area contributed by atoms with Gasteiger partial charge in [-0.3, -0.25) is 10.1 Å². The molecule has 0 N–H and O–H groups in total. The number of nitro groups is 1. The third-order valence-electron chi connectivity index (χ3n) is 0.321. The number of halogens is 2. The predicted molar refractivity (Wildman–Crippen MR) is 30.2 cm³/mol. The highest BCUT2D eigenvalue weighted by Crippen LogP contribution is 2.21. The van der Waals surface area contributed by atoms with Crippen LogP contribution in [0.3, 0.4) is 0 Å². The molecule has 3 nitrogen and oxygen atoms in total. The molecule has 0 fully saturated rings. The molecule has 0 saturated heterocycles. The van der Waals surface area contributed by atoms with Crippen molar-refractivity contribution in [1.29, 1.82) is 0 Å². The van der Waals surface area contributed by atoms with Crippen molar-refractivity contribution in [3.05, 3.63) is 10.1 Å². The molecule has 5 heteroatoms. The minimum atomic E-state index is -1.49. The molecule has 0 aliphatic heterocycles. The van der Waals surface area contributed by atoms with Gasteiger partial charge in [0.1, 0.15) is 0 Å². The van der Waals surface area contributed by atoms with E-state index in [1.165, 1.54) is 6.92 Å². The maximum atomic E-state index is 9.65. The largest absolute Gasteiger partial charge is 0.345 e. The molecule has 0 aliphatic rings. The zero-order valence-corrected chi connectivity index (χ0v) is 5.86. The molecule has 0 radical (unpaired) electrons. The fourth-order valence-corrected chi connectivity index (χ4v) is 0. The van der Waals surface area contributed by atoms with Crippen LogP contribution in [0.4, 0.5) is 0 Å². The van der Waals surface area contributed by atoms with Crippen molar-refractivity contribution in [3.63, 3.8) is 0 Å². The Labute approximate surface area is 53.9 Å². The second-order valence-electron chi connectivity index (χ2n) is 1.10. The second-order valence-corrected chi connectivity index (χ2v) is 3.84. The Bertz CT molecular complexity index is 88.2. The van der Waals surface area contributed by atoms with Crippen LogP contribution in [0, 0.1) is 10.1 Å². The van der Waals surface area contributed by atoms with Gasteiger partial charge in [0, 0.05) is 22.9 Å². The minimum absolute atomic E-state index is 0.630. The van der Waals surface area contributed by atoms with Crippen LogP contribution in [0.15, 0.2) is 0 Å². The van der Waals surface area contributed by atoms with Crippen LogP contribution >= 0.6 is 27.5 Å². The summed E-state index contributed by atoms with van der Waals surface area (Å²) in [6, 6.07) is 0. The zero-order valence-electron chi connectivity index (χ0n) is 3.52. The van der Waals surface area contributed by atoms with Crippen molar-refractivity contribution in [1.82, 2.24) is 0 Å².